The van der Waals surface area contributed by atoms with Crippen LogP contribution >= 0.6 is 0 Å². The van der Waals surface area contributed by atoms with Crippen molar-refractivity contribution in [3.05, 3.63) is 78.4 Å². The number of benzene rings is 1. The molecule has 1 rings (SSSR count). The van der Waals surface area contributed by atoms with Crippen LogP contribution in [-0.4, -0.2) is 11.0 Å². The number of phenols is 1. The number of carbonyl (C=O) groups is 1. The van der Waals surface area contributed by atoms with Gasteiger partial charge in [0.1, 0.15) is 5.75 Å². The van der Waals surface area contributed by atoms with Crippen LogP contribution in [0, 0.1) is 0 Å². The van der Waals surface area contributed by atoms with Crippen molar-refractivity contribution in [2.45, 2.75) is 25.7 Å². The average Bonchev–Trinajstić information content (AvgIpc) is 2.47. The molecule has 116 valence electrons. The van der Waals surface area contributed by atoms with E-state index in [9.17, 15) is 9.90 Å². The van der Waals surface area contributed by atoms with Gasteiger partial charge in [0.15, 0.2) is 0 Å². The predicted octanol–water partition coefficient (Wildman–Crippen LogP) is 3.41. The highest BCUT2D eigenvalue weighted by Gasteiger charge is 2.23. The van der Waals surface area contributed by atoms with Crippen molar-refractivity contribution in [1.82, 2.24) is 0 Å². The maximum Gasteiger partial charge on any atom is 0.249 e. The Kier molecular flexibility index (Phi) is 6.39. The Hall–Kier alpha value is -2.55. The van der Waals surface area contributed by atoms with Crippen molar-refractivity contribution in [2.75, 3.05) is 0 Å². The molecule has 0 saturated carbocycles. The number of primary amides is 1. The molecule has 0 spiro atoms. The Morgan fingerprint density at radius 3 is 1.41 bits per heavy atom. The first-order valence-electron chi connectivity index (χ1n) is 7.15. The molecule has 3 N–H and O–H groups in total. The van der Waals surface area contributed by atoms with Gasteiger partial charge in [-0.15, -0.1) is 26.3 Å². The molecule has 0 aromatic heterocycles. The van der Waals surface area contributed by atoms with E-state index in [2.05, 4.69) is 26.3 Å². The van der Waals surface area contributed by atoms with Crippen LogP contribution in [0.5, 0.6) is 5.75 Å². The molecule has 0 unspecified atom stereocenters. The fourth-order valence-corrected chi connectivity index (χ4v) is 2.72. The number of phenolic OH excluding ortho intramolecular Hbond substituents is 1. The third-order valence-electron chi connectivity index (χ3n) is 3.54. The average molecular weight is 297 g/mol. The summed E-state index contributed by atoms with van der Waals surface area (Å²) in [6.45, 7) is 14.9. The second kappa shape index (κ2) is 8.03. The molecule has 0 radical (unpaired) electrons. The molecule has 0 atom stereocenters. The lowest BCUT2D eigenvalue weighted by Crippen LogP contribution is -2.20. The van der Waals surface area contributed by atoms with Gasteiger partial charge in [-0.2, -0.15) is 0 Å². The van der Waals surface area contributed by atoms with Crippen molar-refractivity contribution >= 4 is 5.91 Å². The zero-order chi connectivity index (χ0) is 16.7. The van der Waals surface area contributed by atoms with Gasteiger partial charge in [0.2, 0.25) is 5.91 Å². The van der Waals surface area contributed by atoms with Gasteiger partial charge >= 0.3 is 0 Å². The molecule has 3 heteroatoms. The van der Waals surface area contributed by atoms with Crippen LogP contribution in [0.4, 0.5) is 0 Å². The summed E-state index contributed by atoms with van der Waals surface area (Å²) in [4.78, 5) is 12.0. The molecule has 0 aliphatic rings. The fourth-order valence-electron chi connectivity index (χ4n) is 2.72. The maximum atomic E-state index is 12.0. The monoisotopic (exact) mass is 297 g/mol. The number of carbonyl (C=O) groups excluding carboxylic acids is 1. The summed E-state index contributed by atoms with van der Waals surface area (Å²) in [6.07, 6.45) is 8.58. The van der Waals surface area contributed by atoms with Crippen molar-refractivity contribution < 1.29 is 9.90 Å². The number of hydrogen-bond donors (Lipinski definition) is 2. The third kappa shape index (κ3) is 3.37. The zero-order valence-corrected chi connectivity index (χ0v) is 12.9. The Morgan fingerprint density at radius 1 is 0.818 bits per heavy atom. The summed E-state index contributed by atoms with van der Waals surface area (Å²) in [6, 6.07) is 0. The van der Waals surface area contributed by atoms with Crippen molar-refractivity contribution in [3.63, 3.8) is 0 Å². The topological polar surface area (TPSA) is 63.3 Å². The summed E-state index contributed by atoms with van der Waals surface area (Å²) in [5.74, 6) is -0.331. The molecule has 0 aliphatic heterocycles. The lowest BCUT2D eigenvalue weighted by atomic mass is 9.84. The number of allylic oxidation sites excluding steroid dienone is 4. The van der Waals surface area contributed by atoms with E-state index >= 15 is 0 Å². The molecule has 1 amide bonds. The molecule has 1 aromatic rings. The largest absolute Gasteiger partial charge is 0.507 e. The molecule has 0 fully saturated rings. The number of rotatable bonds is 9. The van der Waals surface area contributed by atoms with Crippen molar-refractivity contribution in [3.8, 4) is 5.75 Å². The Bertz CT molecular complexity index is 582. The van der Waals surface area contributed by atoms with Gasteiger partial charge in [-0.25, -0.2) is 0 Å². The summed E-state index contributed by atoms with van der Waals surface area (Å²) < 4.78 is 0. The second-order valence-corrected chi connectivity index (χ2v) is 4.97. The molecule has 0 aliphatic carbocycles. The highest BCUT2D eigenvalue weighted by atomic mass is 16.3. The van der Waals surface area contributed by atoms with E-state index in [1.807, 2.05) is 0 Å². The summed E-state index contributed by atoms with van der Waals surface area (Å²) in [7, 11) is 0. The number of hydrogen-bond acceptors (Lipinski definition) is 2. The lowest BCUT2D eigenvalue weighted by molar-refractivity contribution is 0.0998. The summed E-state index contributed by atoms with van der Waals surface area (Å²) >= 11 is 0. The normalized spacial score (nSPS) is 10.0. The van der Waals surface area contributed by atoms with E-state index in [1.165, 1.54) is 0 Å². The highest BCUT2D eigenvalue weighted by molar-refractivity contribution is 5.97. The number of aromatic hydroxyl groups is 1. The van der Waals surface area contributed by atoms with Crippen LogP contribution in [0.25, 0.3) is 0 Å². The fraction of sp³-hybridized carbons (Fsp3) is 0.211. The van der Waals surface area contributed by atoms with E-state index in [1.54, 1.807) is 24.3 Å². The van der Waals surface area contributed by atoms with E-state index in [0.717, 1.165) is 0 Å². The minimum absolute atomic E-state index is 0.179. The SMILES string of the molecule is C=CCc1c(O)c(CC=C)c(CC=C)c(C(N)=O)c1CC=C. The van der Waals surface area contributed by atoms with Gasteiger partial charge in [0.25, 0.3) is 0 Å². The first-order valence-corrected chi connectivity index (χ1v) is 7.15. The lowest BCUT2D eigenvalue weighted by Gasteiger charge is -2.21. The van der Waals surface area contributed by atoms with Crippen LogP contribution in [0.15, 0.2) is 50.6 Å². The minimum atomic E-state index is -0.510. The first-order chi connectivity index (χ1) is 10.5. The van der Waals surface area contributed by atoms with Crippen LogP contribution < -0.4 is 5.73 Å². The van der Waals surface area contributed by atoms with Crippen LogP contribution in [0.1, 0.15) is 32.6 Å². The zero-order valence-electron chi connectivity index (χ0n) is 12.9. The first kappa shape index (κ1) is 17.5. The van der Waals surface area contributed by atoms with E-state index in [0.29, 0.717) is 53.5 Å². The van der Waals surface area contributed by atoms with Gasteiger partial charge in [-0.1, -0.05) is 24.3 Å². The van der Waals surface area contributed by atoms with Gasteiger partial charge < -0.3 is 10.8 Å². The quantitative estimate of drug-likeness (QED) is 0.686. The summed E-state index contributed by atoms with van der Waals surface area (Å²) in [5.41, 5.74) is 8.84. The molecule has 0 heterocycles. The molecule has 0 bridgehead atoms. The highest BCUT2D eigenvalue weighted by Crippen LogP contribution is 2.35. The van der Waals surface area contributed by atoms with Gasteiger partial charge in [0, 0.05) is 16.7 Å². The minimum Gasteiger partial charge on any atom is -0.507 e. The Morgan fingerprint density at radius 2 is 1.14 bits per heavy atom. The van der Waals surface area contributed by atoms with E-state index in [4.69, 9.17) is 5.73 Å². The molecular weight excluding hydrogens is 274 g/mol. The van der Waals surface area contributed by atoms with Crippen LogP contribution in [0.2, 0.25) is 0 Å². The van der Waals surface area contributed by atoms with Crippen molar-refractivity contribution in [1.29, 1.82) is 0 Å². The van der Waals surface area contributed by atoms with Gasteiger partial charge in [-0.3, -0.25) is 4.79 Å². The Balaban J connectivity index is 3.89. The molecule has 22 heavy (non-hydrogen) atoms. The van der Waals surface area contributed by atoms with Crippen molar-refractivity contribution in [2.24, 2.45) is 5.73 Å². The number of amides is 1. The van der Waals surface area contributed by atoms with Crippen LogP contribution in [-0.2, 0) is 25.7 Å². The van der Waals surface area contributed by atoms with Gasteiger partial charge in [0.05, 0.1) is 0 Å². The Labute approximate surface area is 132 Å². The standard InChI is InChI=1S/C19H23NO2/c1-5-9-13-15(11-7-3)18(21)16(12-8-4)14(10-6-2)17(13)19(20)22/h5-8,21H,1-4,9-12H2,(H2,20,22). The third-order valence-corrected chi connectivity index (χ3v) is 3.54. The summed E-state index contributed by atoms with van der Waals surface area (Å²) in [5, 5.41) is 10.7. The van der Waals surface area contributed by atoms with Crippen LogP contribution in [0.3, 0.4) is 0 Å². The van der Waals surface area contributed by atoms with Gasteiger partial charge in [-0.05, 0) is 36.8 Å². The van der Waals surface area contributed by atoms with E-state index in [-0.39, 0.29) is 5.75 Å². The molecule has 1 aromatic carbocycles. The molecular formula is C19H23NO2. The predicted molar refractivity (Wildman–Crippen MR) is 92.2 cm³/mol. The smallest absolute Gasteiger partial charge is 0.249 e. The molecule has 3 nitrogen and oxygen atoms in total. The number of nitrogens with two attached hydrogens (primary N) is 1. The maximum absolute atomic E-state index is 12.0. The van der Waals surface area contributed by atoms with E-state index < -0.39 is 5.91 Å². The second-order valence-electron chi connectivity index (χ2n) is 4.97. The molecule has 0 saturated heterocycles.